The maximum absolute atomic E-state index is 5.61. The number of likely N-dealkylation sites (N-methyl/N-ethyl adjacent to an activating group) is 1. The Hall–Kier alpha value is -2.88. The van der Waals surface area contributed by atoms with Crippen molar-refractivity contribution in [3.8, 4) is 11.5 Å². The van der Waals surface area contributed by atoms with Crippen molar-refractivity contribution in [2.75, 3.05) is 32.7 Å². The molecule has 0 aliphatic carbocycles. The van der Waals surface area contributed by atoms with Gasteiger partial charge >= 0.3 is 0 Å². The number of hydrogen-bond acceptors (Lipinski definition) is 3. The summed E-state index contributed by atoms with van der Waals surface area (Å²) in [6, 6.07) is 12.5. The minimum Gasteiger partial charge on any atom is -0.497 e. The lowest BCUT2D eigenvalue weighted by atomic mass is 9.97. The summed E-state index contributed by atoms with van der Waals surface area (Å²) in [5.41, 5.74) is 6.00. The van der Waals surface area contributed by atoms with Crippen LogP contribution < -0.4 is 14.4 Å². The van der Waals surface area contributed by atoms with Gasteiger partial charge in [-0.25, -0.2) is 0 Å². The molecule has 1 N–H and O–H groups in total. The molecule has 0 spiro atoms. The number of nitrogens with zero attached hydrogens (tertiary/aromatic N) is 1. The van der Waals surface area contributed by atoms with Gasteiger partial charge in [-0.2, -0.15) is 0 Å². The molecule has 0 unspecified atom stereocenters. The van der Waals surface area contributed by atoms with Crippen molar-refractivity contribution in [2.24, 2.45) is 0 Å². The molecular formula is C21H22N2O2. The molecular weight excluding hydrogens is 312 g/mol. The zero-order valence-electron chi connectivity index (χ0n) is 15.0. The van der Waals surface area contributed by atoms with E-state index in [0.717, 1.165) is 29.4 Å². The van der Waals surface area contributed by atoms with Crippen molar-refractivity contribution in [2.45, 2.75) is 6.92 Å². The second kappa shape index (κ2) is 5.88. The molecule has 0 saturated heterocycles. The van der Waals surface area contributed by atoms with Gasteiger partial charge in [-0.05, 0) is 42.8 Å². The fourth-order valence-corrected chi connectivity index (χ4v) is 3.54. The van der Waals surface area contributed by atoms with Gasteiger partial charge in [0.1, 0.15) is 17.3 Å². The molecule has 2 aromatic carbocycles. The Bertz CT molecular complexity index is 985. The van der Waals surface area contributed by atoms with E-state index < -0.39 is 0 Å². The number of aryl methyl sites for hydroxylation is 1. The number of nitrogens with one attached hydrogen (secondary N) is 1. The van der Waals surface area contributed by atoms with Gasteiger partial charge in [0.15, 0.2) is 0 Å². The molecule has 0 atom stereocenters. The summed E-state index contributed by atoms with van der Waals surface area (Å²) in [5.74, 6) is 2.80. The molecule has 0 radical (unpaired) electrons. The van der Waals surface area contributed by atoms with Gasteiger partial charge in [0.05, 0.1) is 14.2 Å². The second-order valence-corrected chi connectivity index (χ2v) is 6.53. The largest absolute Gasteiger partial charge is 0.497 e. The quantitative estimate of drug-likeness (QED) is 0.767. The average Bonchev–Trinajstić information content (AvgIpc) is 2.99. The SMILES string of the molecule is COc1ccc(C2=Cc3c([nH]c4ccc(C)cc34)N(C)C2)c(OC)c1. The maximum atomic E-state index is 5.61. The van der Waals surface area contributed by atoms with Crippen LogP contribution in [-0.4, -0.2) is 32.8 Å². The first-order valence-electron chi connectivity index (χ1n) is 8.37. The fraction of sp³-hybridized carbons (Fsp3) is 0.238. The fourth-order valence-electron chi connectivity index (χ4n) is 3.54. The molecule has 4 rings (SSSR count). The molecule has 1 aliphatic rings. The molecule has 1 aromatic heterocycles. The van der Waals surface area contributed by atoms with E-state index in [1.807, 2.05) is 12.1 Å². The summed E-state index contributed by atoms with van der Waals surface area (Å²) in [5, 5.41) is 1.26. The van der Waals surface area contributed by atoms with Crippen LogP contribution in [-0.2, 0) is 0 Å². The molecule has 3 aromatic rings. The van der Waals surface area contributed by atoms with E-state index in [4.69, 9.17) is 9.47 Å². The second-order valence-electron chi connectivity index (χ2n) is 6.53. The molecule has 128 valence electrons. The smallest absolute Gasteiger partial charge is 0.130 e. The number of methoxy groups -OCH3 is 2. The van der Waals surface area contributed by atoms with E-state index in [1.54, 1.807) is 14.2 Å². The third kappa shape index (κ3) is 2.54. The Balaban J connectivity index is 1.89. The summed E-state index contributed by atoms with van der Waals surface area (Å²) in [6.07, 6.45) is 2.28. The molecule has 0 bridgehead atoms. The molecule has 25 heavy (non-hydrogen) atoms. The highest BCUT2D eigenvalue weighted by Gasteiger charge is 2.22. The Morgan fingerprint density at radius 3 is 2.64 bits per heavy atom. The predicted octanol–water partition coefficient (Wildman–Crippen LogP) is 4.48. The van der Waals surface area contributed by atoms with Crippen LogP contribution in [0.25, 0.3) is 22.6 Å². The maximum Gasteiger partial charge on any atom is 0.130 e. The van der Waals surface area contributed by atoms with Crippen molar-refractivity contribution >= 4 is 28.4 Å². The number of aromatic amines is 1. The van der Waals surface area contributed by atoms with Crippen LogP contribution >= 0.6 is 0 Å². The number of aromatic nitrogens is 1. The normalized spacial score (nSPS) is 13.6. The van der Waals surface area contributed by atoms with Gasteiger partial charge in [0.2, 0.25) is 0 Å². The highest BCUT2D eigenvalue weighted by molar-refractivity contribution is 6.03. The first-order chi connectivity index (χ1) is 12.1. The molecule has 1 aliphatic heterocycles. The Morgan fingerprint density at radius 2 is 1.88 bits per heavy atom. The summed E-state index contributed by atoms with van der Waals surface area (Å²) in [4.78, 5) is 5.80. The lowest BCUT2D eigenvalue weighted by molar-refractivity contribution is 0.393. The summed E-state index contributed by atoms with van der Waals surface area (Å²) in [6.45, 7) is 2.95. The van der Waals surface area contributed by atoms with Crippen LogP contribution in [0, 0.1) is 6.92 Å². The minimum absolute atomic E-state index is 0.800. The van der Waals surface area contributed by atoms with Crippen LogP contribution in [0.5, 0.6) is 11.5 Å². The lowest BCUT2D eigenvalue weighted by Crippen LogP contribution is -2.23. The average molecular weight is 334 g/mol. The standard InChI is InChI=1S/C21H22N2O2/c1-13-5-8-19-17(9-13)18-10-14(12-23(2)21(18)22-19)16-7-6-15(24-3)11-20(16)25-4/h5-11,22H,12H2,1-4H3. The third-order valence-corrected chi connectivity index (χ3v) is 4.84. The number of rotatable bonds is 3. The van der Waals surface area contributed by atoms with Crippen LogP contribution in [0.15, 0.2) is 36.4 Å². The molecule has 4 nitrogen and oxygen atoms in total. The molecule has 4 heteroatoms. The number of ether oxygens (including phenoxy) is 2. The Labute approximate surface area is 147 Å². The highest BCUT2D eigenvalue weighted by atomic mass is 16.5. The summed E-state index contributed by atoms with van der Waals surface area (Å²) < 4.78 is 10.9. The van der Waals surface area contributed by atoms with Crippen molar-refractivity contribution in [3.63, 3.8) is 0 Å². The highest BCUT2D eigenvalue weighted by Crippen LogP contribution is 2.39. The molecule has 0 saturated carbocycles. The number of benzene rings is 2. The first kappa shape index (κ1) is 15.6. The summed E-state index contributed by atoms with van der Waals surface area (Å²) in [7, 11) is 5.48. The first-order valence-corrected chi connectivity index (χ1v) is 8.37. The summed E-state index contributed by atoms with van der Waals surface area (Å²) >= 11 is 0. The molecule has 2 heterocycles. The van der Waals surface area contributed by atoms with Crippen LogP contribution in [0.1, 0.15) is 16.7 Å². The minimum atomic E-state index is 0.800. The van der Waals surface area contributed by atoms with E-state index in [0.29, 0.717) is 0 Å². The van der Waals surface area contributed by atoms with Gasteiger partial charge in [-0.3, -0.25) is 0 Å². The zero-order chi connectivity index (χ0) is 17.6. The molecule has 0 amide bonds. The van der Waals surface area contributed by atoms with Gasteiger partial charge < -0.3 is 19.4 Å². The van der Waals surface area contributed by atoms with Crippen molar-refractivity contribution < 1.29 is 9.47 Å². The Kier molecular flexibility index (Phi) is 3.68. The van der Waals surface area contributed by atoms with E-state index in [1.165, 1.54) is 27.6 Å². The third-order valence-electron chi connectivity index (χ3n) is 4.84. The van der Waals surface area contributed by atoms with E-state index >= 15 is 0 Å². The van der Waals surface area contributed by atoms with Crippen molar-refractivity contribution in [1.82, 2.24) is 4.98 Å². The van der Waals surface area contributed by atoms with E-state index in [2.05, 4.69) is 54.2 Å². The van der Waals surface area contributed by atoms with E-state index in [9.17, 15) is 0 Å². The van der Waals surface area contributed by atoms with E-state index in [-0.39, 0.29) is 0 Å². The van der Waals surface area contributed by atoms with Gasteiger partial charge in [0.25, 0.3) is 0 Å². The van der Waals surface area contributed by atoms with Crippen molar-refractivity contribution in [1.29, 1.82) is 0 Å². The van der Waals surface area contributed by atoms with Crippen LogP contribution in [0.2, 0.25) is 0 Å². The lowest BCUT2D eigenvalue weighted by Gasteiger charge is -2.26. The molecule has 0 fully saturated rings. The monoisotopic (exact) mass is 334 g/mol. The topological polar surface area (TPSA) is 37.5 Å². The predicted molar refractivity (Wildman–Crippen MR) is 104 cm³/mol. The van der Waals surface area contributed by atoms with Crippen molar-refractivity contribution in [3.05, 3.63) is 53.1 Å². The number of hydrogen-bond donors (Lipinski definition) is 1. The van der Waals surface area contributed by atoms with Gasteiger partial charge in [-0.15, -0.1) is 0 Å². The zero-order valence-corrected chi connectivity index (χ0v) is 15.0. The van der Waals surface area contributed by atoms with Crippen LogP contribution in [0.3, 0.4) is 0 Å². The number of anilines is 1. The Morgan fingerprint density at radius 1 is 1.04 bits per heavy atom. The van der Waals surface area contributed by atoms with Gasteiger partial charge in [-0.1, -0.05) is 11.6 Å². The number of fused-ring (bicyclic) bond motifs is 3. The van der Waals surface area contributed by atoms with Gasteiger partial charge in [0, 0.05) is 41.7 Å². The number of H-pyrrole nitrogens is 1. The van der Waals surface area contributed by atoms with Crippen LogP contribution in [0.4, 0.5) is 5.82 Å².